The lowest BCUT2D eigenvalue weighted by molar-refractivity contribution is 0.219. The van der Waals surface area contributed by atoms with Crippen LogP contribution in [0.25, 0.3) is 0 Å². The molecule has 0 amide bonds. The lowest BCUT2D eigenvalue weighted by Gasteiger charge is -2.32. The number of halogens is 2. The Bertz CT molecular complexity index is 429. The highest BCUT2D eigenvalue weighted by Crippen LogP contribution is 2.44. The number of hydrogen-bond acceptors (Lipinski definition) is 1. The van der Waals surface area contributed by atoms with Crippen molar-refractivity contribution < 1.29 is 8.78 Å². The largest absolute Gasteiger partial charge is 0.327 e. The van der Waals surface area contributed by atoms with E-state index in [4.69, 9.17) is 5.73 Å². The van der Waals surface area contributed by atoms with Crippen molar-refractivity contribution in [3.8, 4) is 0 Å². The molecule has 2 rings (SSSR count). The maximum atomic E-state index is 13.6. The van der Waals surface area contributed by atoms with Crippen molar-refractivity contribution in [2.45, 2.75) is 45.6 Å². The molecule has 2 N–H and O–H groups in total. The van der Waals surface area contributed by atoms with Gasteiger partial charge in [-0.15, -0.1) is 0 Å². The van der Waals surface area contributed by atoms with Crippen LogP contribution in [-0.4, -0.2) is 6.04 Å². The van der Waals surface area contributed by atoms with Crippen LogP contribution in [0.3, 0.4) is 0 Å². The molecule has 2 unspecified atom stereocenters. The summed E-state index contributed by atoms with van der Waals surface area (Å²) in [6.45, 7) is 4.46. The molecule has 0 bridgehead atoms. The van der Waals surface area contributed by atoms with Crippen LogP contribution in [0, 0.1) is 23.0 Å². The monoisotopic (exact) mass is 253 g/mol. The minimum atomic E-state index is -0.536. The van der Waals surface area contributed by atoms with E-state index < -0.39 is 11.6 Å². The summed E-state index contributed by atoms with van der Waals surface area (Å²) in [5.74, 6) is -0.603. The van der Waals surface area contributed by atoms with Gasteiger partial charge in [-0.3, -0.25) is 0 Å². The Morgan fingerprint density at radius 2 is 2.11 bits per heavy atom. The number of nitrogens with two attached hydrogens (primary N) is 1. The molecule has 3 heteroatoms. The Morgan fingerprint density at radius 3 is 2.67 bits per heavy atom. The lowest BCUT2D eigenvalue weighted by Crippen LogP contribution is -2.38. The summed E-state index contributed by atoms with van der Waals surface area (Å²) in [5.41, 5.74) is 6.99. The molecule has 1 nitrogen and oxygen atoms in total. The molecule has 100 valence electrons. The van der Waals surface area contributed by atoms with Gasteiger partial charge in [-0.25, -0.2) is 8.78 Å². The lowest BCUT2D eigenvalue weighted by atomic mass is 9.76. The number of benzene rings is 1. The molecule has 0 saturated heterocycles. The van der Waals surface area contributed by atoms with Gasteiger partial charge in [-0.1, -0.05) is 26.3 Å². The summed E-state index contributed by atoms with van der Waals surface area (Å²) in [7, 11) is 0. The fourth-order valence-corrected chi connectivity index (χ4v) is 3.23. The van der Waals surface area contributed by atoms with Crippen LogP contribution < -0.4 is 5.73 Å². The van der Waals surface area contributed by atoms with Crippen molar-refractivity contribution in [3.05, 3.63) is 35.4 Å². The molecular formula is C15H21F2N. The smallest absolute Gasteiger partial charge is 0.129 e. The zero-order valence-corrected chi connectivity index (χ0v) is 11.0. The Balaban J connectivity index is 2.09. The van der Waals surface area contributed by atoms with E-state index >= 15 is 0 Å². The SMILES string of the molecule is CC1(C)CCCC1C(N)Cc1ccc(F)cc1F. The first-order chi connectivity index (χ1) is 8.40. The molecule has 18 heavy (non-hydrogen) atoms. The summed E-state index contributed by atoms with van der Waals surface area (Å²) < 4.78 is 26.4. The first-order valence-electron chi connectivity index (χ1n) is 6.59. The van der Waals surface area contributed by atoms with E-state index in [-0.39, 0.29) is 11.5 Å². The van der Waals surface area contributed by atoms with Crippen molar-refractivity contribution in [3.63, 3.8) is 0 Å². The van der Waals surface area contributed by atoms with Gasteiger partial charge in [0, 0.05) is 12.1 Å². The summed E-state index contributed by atoms with van der Waals surface area (Å²) >= 11 is 0. The van der Waals surface area contributed by atoms with Gasteiger partial charge >= 0.3 is 0 Å². The minimum Gasteiger partial charge on any atom is -0.327 e. The van der Waals surface area contributed by atoms with Crippen LogP contribution in [0.1, 0.15) is 38.7 Å². The van der Waals surface area contributed by atoms with E-state index in [0.29, 0.717) is 17.9 Å². The summed E-state index contributed by atoms with van der Waals surface area (Å²) in [6, 6.07) is 3.68. The van der Waals surface area contributed by atoms with E-state index in [1.54, 1.807) is 0 Å². The molecule has 2 atom stereocenters. The van der Waals surface area contributed by atoms with E-state index in [1.807, 2.05) is 0 Å². The third-order valence-electron chi connectivity index (χ3n) is 4.33. The molecule has 1 aliphatic rings. The van der Waals surface area contributed by atoms with E-state index in [9.17, 15) is 8.78 Å². The predicted octanol–water partition coefficient (Wildman–Crippen LogP) is 3.66. The fraction of sp³-hybridized carbons (Fsp3) is 0.600. The minimum absolute atomic E-state index is 0.0533. The maximum absolute atomic E-state index is 13.6. The Labute approximate surface area is 107 Å². The van der Waals surface area contributed by atoms with Gasteiger partial charge in [-0.2, -0.15) is 0 Å². The molecule has 0 aromatic heterocycles. The van der Waals surface area contributed by atoms with Gasteiger partial charge in [0.15, 0.2) is 0 Å². The molecule has 1 saturated carbocycles. The topological polar surface area (TPSA) is 26.0 Å². The first-order valence-corrected chi connectivity index (χ1v) is 6.59. The average molecular weight is 253 g/mol. The van der Waals surface area contributed by atoms with Crippen LogP contribution in [0.5, 0.6) is 0 Å². The molecule has 1 aliphatic carbocycles. The molecule has 0 heterocycles. The van der Waals surface area contributed by atoms with E-state index in [2.05, 4.69) is 13.8 Å². The summed E-state index contributed by atoms with van der Waals surface area (Å²) in [5, 5.41) is 0. The van der Waals surface area contributed by atoms with Gasteiger partial charge in [0.2, 0.25) is 0 Å². The van der Waals surface area contributed by atoms with E-state index in [0.717, 1.165) is 12.5 Å². The Hall–Kier alpha value is -0.960. The number of rotatable bonds is 3. The zero-order chi connectivity index (χ0) is 13.3. The second-order valence-corrected chi connectivity index (χ2v) is 6.09. The summed E-state index contributed by atoms with van der Waals surface area (Å²) in [6.07, 6.45) is 3.96. The highest BCUT2D eigenvalue weighted by Gasteiger charge is 2.38. The molecule has 0 spiro atoms. The van der Waals surface area contributed by atoms with Gasteiger partial charge < -0.3 is 5.73 Å². The highest BCUT2D eigenvalue weighted by atomic mass is 19.1. The van der Waals surface area contributed by atoms with Crippen LogP contribution >= 0.6 is 0 Å². The third-order valence-corrected chi connectivity index (χ3v) is 4.33. The normalized spacial score (nSPS) is 24.2. The van der Waals surface area contributed by atoms with Crippen LogP contribution in [0.2, 0.25) is 0 Å². The van der Waals surface area contributed by atoms with Crippen LogP contribution in [-0.2, 0) is 6.42 Å². The van der Waals surface area contributed by atoms with Crippen molar-refractivity contribution in [1.82, 2.24) is 0 Å². The van der Waals surface area contributed by atoms with Gasteiger partial charge in [0.25, 0.3) is 0 Å². The van der Waals surface area contributed by atoms with Crippen molar-refractivity contribution in [2.75, 3.05) is 0 Å². The highest BCUT2D eigenvalue weighted by molar-refractivity contribution is 5.20. The second kappa shape index (κ2) is 4.96. The van der Waals surface area contributed by atoms with Crippen LogP contribution in [0.4, 0.5) is 8.78 Å². The second-order valence-electron chi connectivity index (χ2n) is 6.09. The van der Waals surface area contributed by atoms with Crippen LogP contribution in [0.15, 0.2) is 18.2 Å². The molecule has 0 radical (unpaired) electrons. The van der Waals surface area contributed by atoms with Crippen molar-refractivity contribution >= 4 is 0 Å². The Morgan fingerprint density at radius 1 is 1.39 bits per heavy atom. The third kappa shape index (κ3) is 2.72. The fourth-order valence-electron chi connectivity index (χ4n) is 3.23. The van der Waals surface area contributed by atoms with Gasteiger partial charge in [-0.05, 0) is 42.2 Å². The Kier molecular flexibility index (Phi) is 3.71. The number of hydrogen-bond donors (Lipinski definition) is 1. The molecule has 1 aromatic rings. The standard InChI is InChI=1S/C15H21F2N/c1-15(2)7-3-4-12(15)14(18)8-10-5-6-11(16)9-13(10)17/h5-6,9,12,14H,3-4,7-8,18H2,1-2H3. The van der Waals surface area contributed by atoms with Crippen molar-refractivity contribution in [2.24, 2.45) is 17.1 Å². The van der Waals surface area contributed by atoms with Gasteiger partial charge in [0.05, 0.1) is 0 Å². The maximum Gasteiger partial charge on any atom is 0.129 e. The predicted molar refractivity (Wildman–Crippen MR) is 69.2 cm³/mol. The molecular weight excluding hydrogens is 232 g/mol. The first kappa shape index (κ1) is 13.5. The van der Waals surface area contributed by atoms with Gasteiger partial charge in [0.1, 0.15) is 11.6 Å². The van der Waals surface area contributed by atoms with Crippen molar-refractivity contribution in [1.29, 1.82) is 0 Å². The molecule has 1 fully saturated rings. The summed E-state index contributed by atoms with van der Waals surface area (Å²) in [4.78, 5) is 0. The molecule has 1 aromatic carbocycles. The van der Waals surface area contributed by atoms with E-state index in [1.165, 1.54) is 25.0 Å². The molecule has 0 aliphatic heterocycles. The zero-order valence-electron chi connectivity index (χ0n) is 11.0. The quantitative estimate of drug-likeness (QED) is 0.874. The average Bonchev–Trinajstić information content (AvgIpc) is 2.62.